The summed E-state index contributed by atoms with van der Waals surface area (Å²) < 4.78 is 1.85. The monoisotopic (exact) mass is 240 g/mol. The summed E-state index contributed by atoms with van der Waals surface area (Å²) in [5, 5.41) is 11.0. The third kappa shape index (κ3) is 4.23. The molecule has 1 aromatic rings. The molecule has 0 aliphatic heterocycles. The first kappa shape index (κ1) is 13.2. The fourth-order valence-electron chi connectivity index (χ4n) is 1.35. The highest BCUT2D eigenvalue weighted by Crippen LogP contribution is 1.94. The van der Waals surface area contributed by atoms with Gasteiger partial charge in [-0.3, -0.25) is 9.59 Å². The van der Waals surface area contributed by atoms with Crippen LogP contribution >= 0.6 is 0 Å². The highest BCUT2D eigenvalue weighted by atomic mass is 16.4. The quantitative estimate of drug-likeness (QED) is 0.583. The summed E-state index contributed by atoms with van der Waals surface area (Å²) in [5.41, 5.74) is 5.39. The Morgan fingerprint density at radius 2 is 2.35 bits per heavy atom. The summed E-state index contributed by atoms with van der Waals surface area (Å²) >= 11 is 0. The molecule has 0 fully saturated rings. The van der Waals surface area contributed by atoms with Crippen LogP contribution in [-0.2, 0) is 23.1 Å². The minimum Gasteiger partial charge on any atom is -0.481 e. The molecular formula is C10H16N4O3. The van der Waals surface area contributed by atoms with E-state index in [9.17, 15) is 9.59 Å². The van der Waals surface area contributed by atoms with Crippen LogP contribution in [0.1, 0.15) is 12.2 Å². The Hall–Kier alpha value is -1.89. The van der Waals surface area contributed by atoms with E-state index in [1.54, 1.807) is 6.20 Å². The van der Waals surface area contributed by atoms with Crippen LogP contribution in [0.25, 0.3) is 0 Å². The molecule has 0 saturated carbocycles. The van der Waals surface area contributed by atoms with Gasteiger partial charge in [0.2, 0.25) is 5.91 Å². The highest BCUT2D eigenvalue weighted by Gasteiger charge is 2.16. The molecule has 0 spiro atoms. The number of carbonyl (C=O) groups is 2. The van der Waals surface area contributed by atoms with Gasteiger partial charge in [-0.2, -0.15) is 0 Å². The Morgan fingerprint density at radius 1 is 1.65 bits per heavy atom. The molecule has 17 heavy (non-hydrogen) atoms. The number of nitrogens with zero attached hydrogens (tertiary/aromatic N) is 2. The van der Waals surface area contributed by atoms with E-state index in [2.05, 4.69) is 10.3 Å². The van der Waals surface area contributed by atoms with Gasteiger partial charge in [0.05, 0.1) is 12.5 Å². The zero-order valence-electron chi connectivity index (χ0n) is 9.59. The number of nitrogens with one attached hydrogen (secondary N) is 1. The maximum atomic E-state index is 11.4. The Morgan fingerprint density at radius 3 is 2.88 bits per heavy atom. The largest absolute Gasteiger partial charge is 0.481 e. The molecule has 0 saturated heterocycles. The van der Waals surface area contributed by atoms with Crippen molar-refractivity contribution >= 4 is 11.9 Å². The lowest BCUT2D eigenvalue weighted by molar-refractivity contribution is -0.139. The fraction of sp³-hybridized carbons (Fsp3) is 0.500. The third-order valence-corrected chi connectivity index (χ3v) is 2.30. The number of aliphatic carboxylic acids is 1. The Labute approximate surface area is 98.6 Å². The average molecular weight is 240 g/mol. The number of carboxylic acid groups (broad SMARTS) is 1. The van der Waals surface area contributed by atoms with Crippen LogP contribution in [0, 0.1) is 0 Å². The Balaban J connectivity index is 2.29. The molecule has 1 atom stereocenters. The molecule has 7 nitrogen and oxygen atoms in total. The molecule has 0 aliphatic rings. The summed E-state index contributed by atoms with van der Waals surface area (Å²) in [6, 6.07) is -1.01. The SMILES string of the molecule is Cn1ccnc1CCNC(=O)C(N)CC(=O)O. The van der Waals surface area contributed by atoms with E-state index in [1.165, 1.54) is 0 Å². The molecule has 94 valence electrons. The zero-order chi connectivity index (χ0) is 12.8. The number of amides is 1. The van der Waals surface area contributed by atoms with Crippen LogP contribution < -0.4 is 11.1 Å². The van der Waals surface area contributed by atoms with E-state index < -0.39 is 17.9 Å². The van der Waals surface area contributed by atoms with Crippen LogP contribution in [0.2, 0.25) is 0 Å². The number of imidazole rings is 1. The molecule has 7 heteroatoms. The van der Waals surface area contributed by atoms with E-state index in [4.69, 9.17) is 10.8 Å². The lowest BCUT2D eigenvalue weighted by Crippen LogP contribution is -2.42. The number of aryl methyl sites for hydroxylation is 1. The third-order valence-electron chi connectivity index (χ3n) is 2.30. The first-order valence-electron chi connectivity index (χ1n) is 5.22. The maximum Gasteiger partial charge on any atom is 0.305 e. The van der Waals surface area contributed by atoms with Gasteiger partial charge in [-0.05, 0) is 0 Å². The molecule has 1 unspecified atom stereocenters. The first-order valence-corrected chi connectivity index (χ1v) is 5.22. The maximum absolute atomic E-state index is 11.4. The Kier molecular flexibility index (Phi) is 4.65. The van der Waals surface area contributed by atoms with Crippen molar-refractivity contribution in [1.82, 2.24) is 14.9 Å². The van der Waals surface area contributed by atoms with Crippen molar-refractivity contribution in [3.8, 4) is 0 Å². The first-order chi connectivity index (χ1) is 8.00. The van der Waals surface area contributed by atoms with Crippen LogP contribution in [0.4, 0.5) is 0 Å². The zero-order valence-corrected chi connectivity index (χ0v) is 9.59. The number of carbonyl (C=O) groups excluding carboxylic acids is 1. The second-order valence-corrected chi connectivity index (χ2v) is 3.70. The predicted molar refractivity (Wildman–Crippen MR) is 60.1 cm³/mol. The molecule has 1 heterocycles. The molecule has 4 N–H and O–H groups in total. The number of nitrogens with two attached hydrogens (primary N) is 1. The number of hydrogen-bond acceptors (Lipinski definition) is 4. The summed E-state index contributed by atoms with van der Waals surface area (Å²) in [6.45, 7) is 0.386. The van der Waals surface area contributed by atoms with Crippen LogP contribution in [0.5, 0.6) is 0 Å². The van der Waals surface area contributed by atoms with E-state index in [0.29, 0.717) is 13.0 Å². The number of carboxylic acids is 1. The van der Waals surface area contributed by atoms with E-state index in [0.717, 1.165) is 5.82 Å². The number of aromatic nitrogens is 2. The van der Waals surface area contributed by atoms with Gasteiger partial charge < -0.3 is 20.7 Å². The van der Waals surface area contributed by atoms with E-state index in [1.807, 2.05) is 17.8 Å². The standard InChI is InChI=1S/C10H16N4O3/c1-14-5-4-12-8(14)2-3-13-10(17)7(11)6-9(15)16/h4-5,7H,2-3,6,11H2,1H3,(H,13,17)(H,15,16). The number of rotatable bonds is 6. The van der Waals surface area contributed by atoms with Crippen molar-refractivity contribution < 1.29 is 14.7 Å². The highest BCUT2D eigenvalue weighted by molar-refractivity contribution is 5.85. The molecule has 1 aromatic heterocycles. The summed E-state index contributed by atoms with van der Waals surface area (Å²) in [5.74, 6) is -0.699. The van der Waals surface area contributed by atoms with Crippen molar-refractivity contribution in [1.29, 1.82) is 0 Å². The lowest BCUT2D eigenvalue weighted by Gasteiger charge is -2.09. The number of hydrogen-bond donors (Lipinski definition) is 3. The fourth-order valence-corrected chi connectivity index (χ4v) is 1.35. The van der Waals surface area contributed by atoms with Gasteiger partial charge >= 0.3 is 5.97 Å². The van der Waals surface area contributed by atoms with Gasteiger partial charge in [0, 0.05) is 32.4 Å². The van der Waals surface area contributed by atoms with Crippen molar-refractivity contribution in [2.75, 3.05) is 6.54 Å². The van der Waals surface area contributed by atoms with Crippen molar-refractivity contribution in [2.24, 2.45) is 12.8 Å². The second-order valence-electron chi connectivity index (χ2n) is 3.70. The van der Waals surface area contributed by atoms with Gasteiger partial charge in [0.1, 0.15) is 5.82 Å². The predicted octanol–water partition coefficient (Wildman–Crippen LogP) is -1.12. The van der Waals surface area contributed by atoms with E-state index >= 15 is 0 Å². The van der Waals surface area contributed by atoms with Crippen LogP contribution in [-0.4, -0.2) is 39.1 Å². The van der Waals surface area contributed by atoms with Gasteiger partial charge in [-0.1, -0.05) is 0 Å². The molecule has 0 aliphatic carbocycles. The van der Waals surface area contributed by atoms with Crippen LogP contribution in [0.15, 0.2) is 12.4 Å². The van der Waals surface area contributed by atoms with Crippen molar-refractivity contribution in [3.63, 3.8) is 0 Å². The van der Waals surface area contributed by atoms with Gasteiger partial charge in [0.25, 0.3) is 0 Å². The summed E-state index contributed by atoms with van der Waals surface area (Å²) in [4.78, 5) is 25.8. The molecular weight excluding hydrogens is 224 g/mol. The second kappa shape index (κ2) is 6.00. The molecule has 0 aromatic carbocycles. The topological polar surface area (TPSA) is 110 Å². The van der Waals surface area contributed by atoms with E-state index in [-0.39, 0.29) is 6.42 Å². The van der Waals surface area contributed by atoms with Gasteiger partial charge in [-0.15, -0.1) is 0 Å². The summed E-state index contributed by atoms with van der Waals surface area (Å²) in [6.07, 6.45) is 3.70. The van der Waals surface area contributed by atoms with Crippen LogP contribution in [0.3, 0.4) is 0 Å². The minimum absolute atomic E-state index is 0.367. The lowest BCUT2D eigenvalue weighted by atomic mass is 10.2. The smallest absolute Gasteiger partial charge is 0.305 e. The molecule has 1 amide bonds. The van der Waals surface area contributed by atoms with Crippen molar-refractivity contribution in [2.45, 2.75) is 18.9 Å². The molecule has 0 radical (unpaired) electrons. The van der Waals surface area contributed by atoms with Gasteiger partial charge in [-0.25, -0.2) is 4.98 Å². The summed E-state index contributed by atoms with van der Waals surface area (Å²) in [7, 11) is 1.86. The average Bonchev–Trinajstić information content (AvgIpc) is 2.63. The minimum atomic E-state index is -1.09. The molecule has 0 bridgehead atoms. The van der Waals surface area contributed by atoms with Gasteiger partial charge in [0.15, 0.2) is 0 Å². The molecule has 1 rings (SSSR count). The normalized spacial score (nSPS) is 12.1. The van der Waals surface area contributed by atoms with Crippen molar-refractivity contribution in [3.05, 3.63) is 18.2 Å². The Bertz CT molecular complexity index is 402.